The fraction of sp³-hybridized carbons (Fsp3) is 0.0833. The molecule has 86 valence electrons. The summed E-state index contributed by atoms with van der Waals surface area (Å²) in [5, 5.41) is 8.65. The van der Waals surface area contributed by atoms with Gasteiger partial charge in [0.15, 0.2) is 0 Å². The molecule has 0 fully saturated rings. The first-order valence-electron chi connectivity index (χ1n) is 4.77. The minimum Gasteiger partial charge on any atom is -0.324 e. The van der Waals surface area contributed by atoms with E-state index in [4.69, 9.17) is 5.26 Å². The number of aromatic nitrogens is 1. The van der Waals surface area contributed by atoms with Crippen LogP contribution in [0.1, 0.15) is 11.1 Å². The summed E-state index contributed by atoms with van der Waals surface area (Å²) < 4.78 is 39.6. The van der Waals surface area contributed by atoms with Crippen LogP contribution in [0.5, 0.6) is 0 Å². The summed E-state index contributed by atoms with van der Waals surface area (Å²) in [4.78, 5) is 0. The Balaban J connectivity index is 2.58. The largest absolute Gasteiger partial charge is 0.417 e. The van der Waals surface area contributed by atoms with Crippen LogP contribution in [0.2, 0.25) is 0 Å². The van der Waals surface area contributed by atoms with Crippen molar-refractivity contribution in [1.29, 1.82) is 5.26 Å². The third kappa shape index (κ3) is 2.16. The monoisotopic (exact) mass is 236 g/mol. The Kier molecular flexibility index (Phi) is 2.64. The summed E-state index contributed by atoms with van der Waals surface area (Å²) in [6.07, 6.45) is -1.24. The summed E-state index contributed by atoms with van der Waals surface area (Å²) in [6, 6.07) is 8.60. The average Bonchev–Trinajstić information content (AvgIpc) is 2.80. The molecule has 2 rings (SSSR count). The van der Waals surface area contributed by atoms with Gasteiger partial charge in [0, 0.05) is 18.1 Å². The molecule has 0 radical (unpaired) electrons. The van der Waals surface area contributed by atoms with Gasteiger partial charge in [-0.05, 0) is 30.3 Å². The maximum absolute atomic E-state index is 12.7. The van der Waals surface area contributed by atoms with Gasteiger partial charge in [-0.1, -0.05) is 0 Å². The first kappa shape index (κ1) is 11.3. The highest BCUT2D eigenvalue weighted by atomic mass is 19.4. The van der Waals surface area contributed by atoms with Gasteiger partial charge < -0.3 is 4.57 Å². The Morgan fingerprint density at radius 2 is 1.76 bits per heavy atom. The van der Waals surface area contributed by atoms with Crippen LogP contribution in [0.4, 0.5) is 13.2 Å². The van der Waals surface area contributed by atoms with Crippen LogP contribution in [-0.4, -0.2) is 4.57 Å². The molecule has 0 aliphatic heterocycles. The van der Waals surface area contributed by atoms with Crippen molar-refractivity contribution in [1.82, 2.24) is 4.57 Å². The van der Waals surface area contributed by atoms with Crippen LogP contribution in [0.15, 0.2) is 42.7 Å². The van der Waals surface area contributed by atoms with Crippen molar-refractivity contribution in [3.63, 3.8) is 0 Å². The Hall–Kier alpha value is -2.22. The molecule has 2 nitrogen and oxygen atoms in total. The molecule has 0 saturated heterocycles. The molecule has 5 heteroatoms. The number of benzene rings is 1. The van der Waals surface area contributed by atoms with E-state index in [0.29, 0.717) is 5.69 Å². The fourth-order valence-electron chi connectivity index (χ4n) is 1.53. The van der Waals surface area contributed by atoms with Crippen molar-refractivity contribution in [2.24, 2.45) is 0 Å². The van der Waals surface area contributed by atoms with E-state index in [0.717, 1.165) is 6.07 Å². The summed E-state index contributed by atoms with van der Waals surface area (Å²) in [5.41, 5.74) is -0.902. The standard InChI is InChI=1S/C12H7F3N2/c13-12(14,15)11-7-10(4-3-9(11)8-16)17-5-1-2-6-17/h1-7H. The number of rotatable bonds is 1. The Labute approximate surface area is 95.5 Å². The van der Waals surface area contributed by atoms with E-state index in [2.05, 4.69) is 0 Å². The van der Waals surface area contributed by atoms with Crippen LogP contribution in [0, 0.1) is 11.3 Å². The number of nitriles is 1. The SMILES string of the molecule is N#Cc1ccc(-n2cccc2)cc1C(F)(F)F. The molecule has 0 atom stereocenters. The molecule has 0 aliphatic carbocycles. The second kappa shape index (κ2) is 3.98. The highest BCUT2D eigenvalue weighted by molar-refractivity contribution is 5.47. The number of halogens is 3. The molecule has 0 amide bonds. The predicted octanol–water partition coefficient (Wildman–Crippen LogP) is 3.37. The van der Waals surface area contributed by atoms with Crippen LogP contribution in [0.25, 0.3) is 5.69 Å². The van der Waals surface area contributed by atoms with Gasteiger partial charge in [0.25, 0.3) is 0 Å². The lowest BCUT2D eigenvalue weighted by Gasteiger charge is -2.11. The van der Waals surface area contributed by atoms with E-state index in [1.54, 1.807) is 35.2 Å². The zero-order chi connectivity index (χ0) is 12.5. The average molecular weight is 236 g/mol. The third-order valence-electron chi connectivity index (χ3n) is 2.33. The van der Waals surface area contributed by atoms with E-state index in [1.165, 1.54) is 12.1 Å². The molecule has 2 aromatic rings. The molecular weight excluding hydrogens is 229 g/mol. The normalized spacial score (nSPS) is 11.2. The molecule has 1 aromatic carbocycles. The minimum atomic E-state index is -4.52. The van der Waals surface area contributed by atoms with Crippen LogP contribution in [-0.2, 0) is 6.18 Å². The Morgan fingerprint density at radius 1 is 1.12 bits per heavy atom. The summed E-state index contributed by atoms with van der Waals surface area (Å²) in [5.74, 6) is 0. The topological polar surface area (TPSA) is 28.7 Å². The number of hydrogen-bond donors (Lipinski definition) is 0. The summed E-state index contributed by atoms with van der Waals surface area (Å²) >= 11 is 0. The molecular formula is C12H7F3N2. The van der Waals surface area contributed by atoms with Crippen molar-refractivity contribution in [3.05, 3.63) is 53.9 Å². The minimum absolute atomic E-state index is 0.367. The lowest BCUT2D eigenvalue weighted by molar-refractivity contribution is -0.137. The zero-order valence-corrected chi connectivity index (χ0v) is 8.57. The van der Waals surface area contributed by atoms with Gasteiger partial charge in [-0.25, -0.2) is 0 Å². The summed E-state index contributed by atoms with van der Waals surface area (Å²) in [7, 11) is 0. The van der Waals surface area contributed by atoms with Gasteiger partial charge in [-0.3, -0.25) is 0 Å². The molecule has 0 unspecified atom stereocenters. The van der Waals surface area contributed by atoms with Gasteiger partial charge in [0.2, 0.25) is 0 Å². The summed E-state index contributed by atoms with van der Waals surface area (Å²) in [6.45, 7) is 0. The number of nitrogens with zero attached hydrogens (tertiary/aromatic N) is 2. The molecule has 0 N–H and O–H groups in total. The maximum atomic E-state index is 12.7. The van der Waals surface area contributed by atoms with Gasteiger partial charge in [-0.2, -0.15) is 18.4 Å². The number of alkyl halides is 3. The fourth-order valence-corrected chi connectivity index (χ4v) is 1.53. The van der Waals surface area contributed by atoms with Gasteiger partial charge in [0.1, 0.15) is 0 Å². The van der Waals surface area contributed by atoms with E-state index < -0.39 is 11.7 Å². The van der Waals surface area contributed by atoms with Gasteiger partial charge in [-0.15, -0.1) is 0 Å². The molecule has 0 aliphatic rings. The second-order valence-electron chi connectivity index (χ2n) is 3.43. The zero-order valence-electron chi connectivity index (χ0n) is 8.57. The smallest absolute Gasteiger partial charge is 0.324 e. The molecule has 17 heavy (non-hydrogen) atoms. The second-order valence-corrected chi connectivity index (χ2v) is 3.43. The Bertz CT molecular complexity index is 562. The third-order valence-corrected chi connectivity index (χ3v) is 2.33. The van der Waals surface area contributed by atoms with E-state index in [9.17, 15) is 13.2 Å². The van der Waals surface area contributed by atoms with Crippen LogP contribution < -0.4 is 0 Å². The molecule has 0 bridgehead atoms. The van der Waals surface area contributed by atoms with Crippen molar-refractivity contribution in [2.75, 3.05) is 0 Å². The molecule has 0 spiro atoms. The highest BCUT2D eigenvalue weighted by Crippen LogP contribution is 2.33. The number of hydrogen-bond acceptors (Lipinski definition) is 1. The Morgan fingerprint density at radius 3 is 2.29 bits per heavy atom. The molecule has 1 aromatic heterocycles. The quantitative estimate of drug-likeness (QED) is 0.746. The maximum Gasteiger partial charge on any atom is 0.417 e. The van der Waals surface area contributed by atoms with E-state index >= 15 is 0 Å². The van der Waals surface area contributed by atoms with Crippen LogP contribution in [0.3, 0.4) is 0 Å². The van der Waals surface area contributed by atoms with Gasteiger partial charge >= 0.3 is 6.18 Å². The highest BCUT2D eigenvalue weighted by Gasteiger charge is 2.33. The van der Waals surface area contributed by atoms with Crippen molar-refractivity contribution in [3.8, 4) is 11.8 Å². The van der Waals surface area contributed by atoms with Gasteiger partial charge in [0.05, 0.1) is 17.2 Å². The van der Waals surface area contributed by atoms with E-state index in [1.807, 2.05) is 0 Å². The first-order chi connectivity index (χ1) is 8.02. The van der Waals surface area contributed by atoms with E-state index in [-0.39, 0.29) is 5.56 Å². The first-order valence-corrected chi connectivity index (χ1v) is 4.77. The molecule has 0 saturated carbocycles. The predicted molar refractivity (Wildman–Crippen MR) is 55.5 cm³/mol. The lowest BCUT2D eigenvalue weighted by atomic mass is 10.1. The lowest BCUT2D eigenvalue weighted by Crippen LogP contribution is -2.08. The molecule has 1 heterocycles. The van der Waals surface area contributed by atoms with Crippen LogP contribution >= 0.6 is 0 Å². The van der Waals surface area contributed by atoms with Crippen molar-refractivity contribution in [2.45, 2.75) is 6.18 Å². The van der Waals surface area contributed by atoms with Crippen molar-refractivity contribution < 1.29 is 13.2 Å². The van der Waals surface area contributed by atoms with Crippen molar-refractivity contribution >= 4 is 0 Å².